The fourth-order valence-electron chi connectivity index (χ4n) is 2.90. The zero-order chi connectivity index (χ0) is 18.8. The largest absolute Gasteiger partial charge is 0.497 e. The van der Waals surface area contributed by atoms with Crippen LogP contribution in [0.15, 0.2) is 18.2 Å². The van der Waals surface area contributed by atoms with E-state index in [0.29, 0.717) is 26.0 Å². The second-order valence-corrected chi connectivity index (χ2v) is 6.25. The molecular weight excluding hydrogens is 336 g/mol. The third-order valence-electron chi connectivity index (χ3n) is 4.34. The molecule has 1 aromatic carbocycles. The molecule has 7 nitrogen and oxygen atoms in total. The number of hydrogen-bond donors (Lipinski definition) is 2. The van der Waals surface area contributed by atoms with Crippen LogP contribution in [-0.4, -0.2) is 51.8 Å². The van der Waals surface area contributed by atoms with Crippen molar-refractivity contribution in [3.63, 3.8) is 0 Å². The normalized spacial score (nSPS) is 16.6. The zero-order valence-corrected chi connectivity index (χ0v) is 15.5. The molecule has 7 heteroatoms. The Hall–Kier alpha value is -2.28. The van der Waals surface area contributed by atoms with Gasteiger partial charge >= 0.3 is 0 Å². The van der Waals surface area contributed by atoms with Gasteiger partial charge in [-0.25, -0.2) is 0 Å². The SMILES string of the molecule is COc1ccc(OC)c(CCNC(=O)CNC(=O)CC2CCCCO2)c1. The highest BCUT2D eigenvalue weighted by atomic mass is 16.5. The highest BCUT2D eigenvalue weighted by Gasteiger charge is 2.17. The maximum atomic E-state index is 11.9. The molecule has 26 heavy (non-hydrogen) atoms. The summed E-state index contributed by atoms with van der Waals surface area (Å²) in [6, 6.07) is 5.55. The molecule has 2 rings (SSSR count). The molecule has 1 aromatic rings. The molecule has 1 unspecified atom stereocenters. The molecule has 1 heterocycles. The van der Waals surface area contributed by atoms with Gasteiger partial charge in [-0.2, -0.15) is 0 Å². The molecule has 1 aliphatic rings. The van der Waals surface area contributed by atoms with Crippen molar-refractivity contribution in [2.75, 3.05) is 33.9 Å². The molecular formula is C19H28N2O5. The minimum Gasteiger partial charge on any atom is -0.497 e. The van der Waals surface area contributed by atoms with Gasteiger partial charge < -0.3 is 24.8 Å². The molecule has 2 amide bonds. The van der Waals surface area contributed by atoms with Crippen molar-refractivity contribution in [2.24, 2.45) is 0 Å². The van der Waals surface area contributed by atoms with Crippen LogP contribution in [0.5, 0.6) is 11.5 Å². The van der Waals surface area contributed by atoms with E-state index in [4.69, 9.17) is 14.2 Å². The summed E-state index contributed by atoms with van der Waals surface area (Å²) in [7, 11) is 3.21. The van der Waals surface area contributed by atoms with Crippen LogP contribution in [0, 0.1) is 0 Å². The predicted octanol–water partition coefficient (Wildman–Crippen LogP) is 1.44. The van der Waals surface area contributed by atoms with E-state index in [-0.39, 0.29) is 24.5 Å². The van der Waals surface area contributed by atoms with Crippen LogP contribution < -0.4 is 20.1 Å². The summed E-state index contributed by atoms with van der Waals surface area (Å²) in [6.07, 6.45) is 3.95. The van der Waals surface area contributed by atoms with Gasteiger partial charge in [-0.15, -0.1) is 0 Å². The second kappa shape index (κ2) is 10.7. The van der Waals surface area contributed by atoms with Crippen molar-refractivity contribution >= 4 is 11.8 Å². The lowest BCUT2D eigenvalue weighted by molar-refractivity contribution is -0.128. The number of hydrogen-bond acceptors (Lipinski definition) is 5. The number of amides is 2. The summed E-state index contributed by atoms with van der Waals surface area (Å²) in [5.74, 6) is 1.12. The van der Waals surface area contributed by atoms with E-state index in [2.05, 4.69) is 10.6 Å². The van der Waals surface area contributed by atoms with Crippen LogP contribution in [0.3, 0.4) is 0 Å². The van der Waals surface area contributed by atoms with Crippen molar-refractivity contribution in [1.29, 1.82) is 0 Å². The van der Waals surface area contributed by atoms with E-state index >= 15 is 0 Å². The third-order valence-corrected chi connectivity index (χ3v) is 4.34. The number of carbonyl (C=O) groups excluding carboxylic acids is 2. The van der Waals surface area contributed by atoms with Gasteiger partial charge in [-0.3, -0.25) is 9.59 Å². The monoisotopic (exact) mass is 364 g/mol. The highest BCUT2D eigenvalue weighted by molar-refractivity contribution is 5.84. The Morgan fingerprint density at radius 1 is 1.15 bits per heavy atom. The number of nitrogens with one attached hydrogen (secondary N) is 2. The summed E-state index contributed by atoms with van der Waals surface area (Å²) in [5, 5.41) is 5.44. The van der Waals surface area contributed by atoms with E-state index < -0.39 is 0 Å². The fraction of sp³-hybridized carbons (Fsp3) is 0.579. The lowest BCUT2D eigenvalue weighted by atomic mass is 10.1. The summed E-state index contributed by atoms with van der Waals surface area (Å²) < 4.78 is 16.1. The minimum atomic E-state index is -0.218. The molecule has 1 atom stereocenters. The first kappa shape index (κ1) is 20.0. The lowest BCUT2D eigenvalue weighted by Gasteiger charge is -2.21. The second-order valence-electron chi connectivity index (χ2n) is 6.25. The summed E-state index contributed by atoms with van der Waals surface area (Å²) in [4.78, 5) is 23.8. The highest BCUT2D eigenvalue weighted by Crippen LogP contribution is 2.24. The van der Waals surface area contributed by atoms with E-state index in [0.717, 1.165) is 36.3 Å². The maximum absolute atomic E-state index is 11.9. The van der Waals surface area contributed by atoms with Crippen LogP contribution >= 0.6 is 0 Å². The molecule has 1 aliphatic heterocycles. The molecule has 1 fully saturated rings. The van der Waals surface area contributed by atoms with Crippen molar-refractivity contribution in [1.82, 2.24) is 10.6 Å². The summed E-state index contributed by atoms with van der Waals surface area (Å²) in [6.45, 7) is 1.14. The van der Waals surface area contributed by atoms with E-state index in [1.54, 1.807) is 14.2 Å². The van der Waals surface area contributed by atoms with Gasteiger partial charge in [0, 0.05) is 13.2 Å². The Bertz CT molecular complexity index is 600. The Morgan fingerprint density at radius 3 is 2.69 bits per heavy atom. The van der Waals surface area contributed by atoms with Crippen LogP contribution in [0.2, 0.25) is 0 Å². The first-order chi connectivity index (χ1) is 12.6. The van der Waals surface area contributed by atoms with Crippen LogP contribution in [-0.2, 0) is 20.7 Å². The Morgan fingerprint density at radius 2 is 2.00 bits per heavy atom. The van der Waals surface area contributed by atoms with Crippen molar-refractivity contribution in [3.8, 4) is 11.5 Å². The van der Waals surface area contributed by atoms with E-state index in [1.807, 2.05) is 18.2 Å². The first-order valence-corrected chi connectivity index (χ1v) is 8.98. The van der Waals surface area contributed by atoms with Crippen molar-refractivity contribution in [2.45, 2.75) is 38.2 Å². The summed E-state index contributed by atoms with van der Waals surface area (Å²) in [5.41, 5.74) is 0.950. The van der Waals surface area contributed by atoms with Gasteiger partial charge in [0.05, 0.1) is 33.3 Å². The van der Waals surface area contributed by atoms with Crippen LogP contribution in [0.25, 0.3) is 0 Å². The molecule has 0 aromatic heterocycles. The van der Waals surface area contributed by atoms with Crippen molar-refractivity contribution < 1.29 is 23.8 Å². The van der Waals surface area contributed by atoms with Gasteiger partial charge in [-0.1, -0.05) is 0 Å². The van der Waals surface area contributed by atoms with Crippen LogP contribution in [0.4, 0.5) is 0 Å². The molecule has 2 N–H and O–H groups in total. The van der Waals surface area contributed by atoms with Crippen LogP contribution in [0.1, 0.15) is 31.2 Å². The topological polar surface area (TPSA) is 85.9 Å². The maximum Gasteiger partial charge on any atom is 0.239 e. The van der Waals surface area contributed by atoms with E-state index in [9.17, 15) is 9.59 Å². The Balaban J connectivity index is 1.67. The Kier molecular flexibility index (Phi) is 8.21. The minimum absolute atomic E-state index is 0.0210. The molecule has 0 saturated carbocycles. The zero-order valence-electron chi connectivity index (χ0n) is 15.5. The number of ether oxygens (including phenoxy) is 3. The number of benzene rings is 1. The van der Waals surface area contributed by atoms with Gasteiger partial charge in [0.25, 0.3) is 0 Å². The van der Waals surface area contributed by atoms with E-state index in [1.165, 1.54) is 0 Å². The average molecular weight is 364 g/mol. The number of methoxy groups -OCH3 is 2. The van der Waals surface area contributed by atoms with Gasteiger partial charge in [0.15, 0.2) is 0 Å². The van der Waals surface area contributed by atoms with Crippen molar-refractivity contribution in [3.05, 3.63) is 23.8 Å². The Labute approximate surface area is 154 Å². The molecule has 144 valence electrons. The predicted molar refractivity (Wildman–Crippen MR) is 97.5 cm³/mol. The van der Waals surface area contributed by atoms with Gasteiger partial charge in [-0.05, 0) is 49.4 Å². The average Bonchev–Trinajstić information content (AvgIpc) is 2.67. The molecule has 0 radical (unpaired) electrons. The van der Waals surface area contributed by atoms with Gasteiger partial charge in [0.1, 0.15) is 11.5 Å². The molecule has 1 saturated heterocycles. The molecule has 0 spiro atoms. The number of rotatable bonds is 9. The summed E-state index contributed by atoms with van der Waals surface area (Å²) >= 11 is 0. The lowest BCUT2D eigenvalue weighted by Crippen LogP contribution is -2.39. The number of carbonyl (C=O) groups is 2. The molecule has 0 bridgehead atoms. The molecule has 0 aliphatic carbocycles. The smallest absolute Gasteiger partial charge is 0.239 e. The fourth-order valence-corrected chi connectivity index (χ4v) is 2.90. The third kappa shape index (κ3) is 6.55. The van der Waals surface area contributed by atoms with Gasteiger partial charge in [0.2, 0.25) is 11.8 Å². The quantitative estimate of drug-likeness (QED) is 0.692. The standard InChI is InChI=1S/C19H28N2O5/c1-24-15-6-7-17(25-2)14(11-15)8-9-20-19(23)13-21-18(22)12-16-5-3-4-10-26-16/h6-7,11,16H,3-5,8-10,12-13H2,1-2H3,(H,20,23)(H,21,22). The first-order valence-electron chi connectivity index (χ1n) is 8.98.